The Balaban J connectivity index is 1.56. The zero-order valence-electron chi connectivity index (χ0n) is 19.8. The van der Waals surface area contributed by atoms with Gasteiger partial charge in [-0.1, -0.05) is 12.1 Å². The number of amides is 1. The van der Waals surface area contributed by atoms with Crippen LogP contribution in [0.15, 0.2) is 34.2 Å². The van der Waals surface area contributed by atoms with E-state index in [1.807, 2.05) is 11.0 Å². The molecule has 12 heteroatoms. The van der Waals surface area contributed by atoms with Crippen molar-refractivity contribution in [2.75, 3.05) is 40.0 Å². The van der Waals surface area contributed by atoms with E-state index in [1.54, 1.807) is 7.11 Å². The van der Waals surface area contributed by atoms with Gasteiger partial charge in [0.25, 0.3) is 0 Å². The molecule has 0 unspecified atom stereocenters. The third kappa shape index (κ3) is 8.32. The number of piperidine rings is 1. The Morgan fingerprint density at radius 3 is 2.44 bits per heavy atom. The van der Waals surface area contributed by atoms with Gasteiger partial charge in [0.2, 0.25) is 0 Å². The second-order valence-electron chi connectivity index (χ2n) is 8.65. The van der Waals surface area contributed by atoms with Gasteiger partial charge in [-0.05, 0) is 74.1 Å². The number of carbonyl (C=O) groups excluding carboxylic acids is 1. The van der Waals surface area contributed by atoms with Gasteiger partial charge >= 0.3 is 17.6 Å². The molecule has 36 heavy (non-hydrogen) atoms. The van der Waals surface area contributed by atoms with Gasteiger partial charge < -0.3 is 9.47 Å². The summed E-state index contributed by atoms with van der Waals surface area (Å²) in [5.41, 5.74) is -2.02. The van der Waals surface area contributed by atoms with E-state index in [4.69, 9.17) is 9.47 Å². The molecule has 0 aliphatic carbocycles. The number of nitrogens with zero attached hydrogens (tertiary/aromatic N) is 2. The second-order valence-corrected chi connectivity index (χ2v) is 9.64. The number of hydrogen-bond acceptors (Lipinski definition) is 5. The number of allylic oxidation sites excluding steroid dienone is 2. The Hall–Kier alpha value is -1.89. The number of methoxy groups -OCH3 is 1. The van der Waals surface area contributed by atoms with Crippen molar-refractivity contribution in [3.8, 4) is 0 Å². The van der Waals surface area contributed by atoms with Gasteiger partial charge in [-0.3, -0.25) is 9.69 Å². The predicted octanol–water partition coefficient (Wildman–Crippen LogP) is 6.57. The number of thioether (sulfide) groups is 1. The van der Waals surface area contributed by atoms with Crippen molar-refractivity contribution in [3.05, 3.63) is 45.9 Å². The Morgan fingerprint density at radius 2 is 1.81 bits per heavy atom. The van der Waals surface area contributed by atoms with Gasteiger partial charge in [-0.15, -0.1) is 0 Å². The summed E-state index contributed by atoms with van der Waals surface area (Å²) in [4.78, 5) is 18.6. The van der Waals surface area contributed by atoms with Gasteiger partial charge in [-0.25, -0.2) is 4.99 Å². The van der Waals surface area contributed by atoms with Crippen LogP contribution in [0.4, 0.5) is 31.1 Å². The van der Waals surface area contributed by atoms with Crippen molar-refractivity contribution in [1.29, 1.82) is 0 Å². The molecule has 1 amide bonds. The average molecular weight is 539 g/mol. The van der Waals surface area contributed by atoms with E-state index in [-0.39, 0.29) is 29.3 Å². The molecule has 0 bridgehead atoms. The van der Waals surface area contributed by atoms with Gasteiger partial charge in [-0.2, -0.15) is 26.3 Å². The van der Waals surface area contributed by atoms with E-state index >= 15 is 0 Å². The highest BCUT2D eigenvalue weighted by Gasteiger charge is 2.38. The minimum Gasteiger partial charge on any atom is -0.382 e. The highest BCUT2D eigenvalue weighted by Crippen LogP contribution is 2.38. The number of likely N-dealkylation sites (tertiary alicyclic amines) is 1. The lowest BCUT2D eigenvalue weighted by Gasteiger charge is -2.31. The molecule has 1 aromatic rings. The molecule has 1 fully saturated rings. The molecule has 5 nitrogen and oxygen atoms in total. The maximum Gasteiger partial charge on any atom is 0.416 e. The summed E-state index contributed by atoms with van der Waals surface area (Å²) < 4.78 is 89.4. The largest absolute Gasteiger partial charge is 0.416 e. The predicted molar refractivity (Wildman–Crippen MR) is 125 cm³/mol. The van der Waals surface area contributed by atoms with Crippen molar-refractivity contribution in [3.63, 3.8) is 0 Å². The van der Waals surface area contributed by atoms with E-state index < -0.39 is 23.5 Å². The van der Waals surface area contributed by atoms with Crippen LogP contribution >= 0.6 is 11.8 Å². The zero-order chi connectivity index (χ0) is 26.3. The van der Waals surface area contributed by atoms with E-state index in [1.165, 1.54) is 0 Å². The highest BCUT2D eigenvalue weighted by molar-refractivity contribution is 8.18. The summed E-state index contributed by atoms with van der Waals surface area (Å²) in [5.74, 6) is 0.132. The topological polar surface area (TPSA) is 51.1 Å². The van der Waals surface area contributed by atoms with Crippen LogP contribution in [-0.4, -0.2) is 55.9 Å². The van der Waals surface area contributed by atoms with E-state index in [9.17, 15) is 31.1 Å². The van der Waals surface area contributed by atoms with E-state index in [0.717, 1.165) is 28.4 Å². The summed E-state index contributed by atoms with van der Waals surface area (Å²) in [7, 11) is 1.59. The number of hydrogen-bond donors (Lipinski definition) is 0. The Labute approximate surface area is 209 Å². The molecule has 0 atom stereocenters. The summed E-state index contributed by atoms with van der Waals surface area (Å²) in [5, 5.41) is -0.268. The molecule has 1 saturated heterocycles. The summed E-state index contributed by atoms with van der Waals surface area (Å²) in [6.07, 6.45) is -5.08. The average Bonchev–Trinajstić information content (AvgIpc) is 3.15. The minimum atomic E-state index is -4.88. The number of rotatable bonds is 10. The van der Waals surface area contributed by atoms with Gasteiger partial charge in [0.05, 0.1) is 30.1 Å². The molecule has 0 N–H and O–H groups in total. The summed E-state index contributed by atoms with van der Waals surface area (Å²) in [6, 6.07) is 1.80. The second kappa shape index (κ2) is 12.6. The molecule has 3 rings (SSSR count). The van der Waals surface area contributed by atoms with Crippen LogP contribution in [0.3, 0.4) is 0 Å². The Kier molecular flexibility index (Phi) is 10.0. The van der Waals surface area contributed by atoms with Crippen LogP contribution in [0.1, 0.15) is 42.4 Å². The fourth-order valence-electron chi connectivity index (χ4n) is 4.12. The third-order valence-electron chi connectivity index (χ3n) is 6.00. The molecular formula is C24H28F6N2O3S. The number of aliphatic imine (C=N–C) groups is 1. The van der Waals surface area contributed by atoms with Crippen molar-refractivity contribution >= 4 is 22.7 Å². The van der Waals surface area contributed by atoms with Crippen LogP contribution in [0.2, 0.25) is 0 Å². The number of alkyl halides is 6. The standard InChI is InChI=1S/C24H28F6N2O3S/c1-34-11-12-35-10-2-3-20-21(36-22(33)31-20)13-16-6-8-32(9-7-16)15-17-4-5-18(23(25,26)27)14-19(17)24(28,29)30/h4-5,13-14,16H,2-3,6-12,15H2,1H3/b21-13-. The molecule has 0 saturated carbocycles. The molecule has 2 aliphatic heterocycles. The number of ether oxygens (including phenoxy) is 2. The normalized spacial score (nSPS) is 19.4. The first-order valence-electron chi connectivity index (χ1n) is 11.6. The fourth-order valence-corrected chi connectivity index (χ4v) is 4.99. The first-order chi connectivity index (χ1) is 17.0. The van der Waals surface area contributed by atoms with E-state index in [0.29, 0.717) is 64.7 Å². The quantitative estimate of drug-likeness (QED) is 0.249. The first-order valence-corrected chi connectivity index (χ1v) is 12.4. The molecule has 200 valence electrons. The van der Waals surface area contributed by atoms with Crippen LogP contribution in [0.25, 0.3) is 0 Å². The van der Waals surface area contributed by atoms with Crippen molar-refractivity contribution < 1.29 is 40.6 Å². The lowest BCUT2D eigenvalue weighted by Crippen LogP contribution is -2.33. The molecule has 2 heterocycles. The minimum absolute atomic E-state index is 0.0840. The van der Waals surface area contributed by atoms with Crippen molar-refractivity contribution in [1.82, 2.24) is 4.90 Å². The smallest absolute Gasteiger partial charge is 0.382 e. The SMILES string of the molecule is COCCOCCCC1=NC(=O)S/C1=C\C1CCN(Cc2ccc(C(F)(F)F)cc2C(F)(F)F)CC1. The molecule has 1 aromatic carbocycles. The Bertz CT molecular complexity index is 970. The zero-order valence-corrected chi connectivity index (χ0v) is 20.6. The monoisotopic (exact) mass is 538 g/mol. The summed E-state index contributed by atoms with van der Waals surface area (Å²) in [6.45, 7) is 2.43. The van der Waals surface area contributed by atoms with Gasteiger partial charge in [0, 0.05) is 25.2 Å². The summed E-state index contributed by atoms with van der Waals surface area (Å²) >= 11 is 1.08. The molecule has 0 aromatic heterocycles. The lowest BCUT2D eigenvalue weighted by atomic mass is 9.94. The lowest BCUT2D eigenvalue weighted by molar-refractivity contribution is -0.143. The molecular weight excluding hydrogens is 510 g/mol. The number of halogens is 6. The van der Waals surface area contributed by atoms with E-state index in [2.05, 4.69) is 4.99 Å². The van der Waals surface area contributed by atoms with Crippen molar-refractivity contribution in [2.24, 2.45) is 10.9 Å². The fraction of sp³-hybridized carbons (Fsp3) is 0.583. The third-order valence-corrected chi connectivity index (χ3v) is 6.86. The molecule has 0 radical (unpaired) electrons. The maximum atomic E-state index is 13.4. The maximum absolute atomic E-state index is 13.4. The molecule has 0 spiro atoms. The Morgan fingerprint density at radius 1 is 1.08 bits per heavy atom. The van der Waals surface area contributed by atoms with Crippen LogP contribution in [-0.2, 0) is 28.4 Å². The molecule has 2 aliphatic rings. The highest BCUT2D eigenvalue weighted by atomic mass is 32.2. The van der Waals surface area contributed by atoms with Crippen LogP contribution < -0.4 is 0 Å². The number of carbonyl (C=O) groups is 1. The van der Waals surface area contributed by atoms with Gasteiger partial charge in [0.15, 0.2) is 0 Å². The van der Waals surface area contributed by atoms with Crippen LogP contribution in [0.5, 0.6) is 0 Å². The van der Waals surface area contributed by atoms with Crippen molar-refractivity contribution in [2.45, 2.75) is 44.6 Å². The number of benzene rings is 1. The first kappa shape index (κ1) is 28.7. The van der Waals surface area contributed by atoms with Gasteiger partial charge in [0.1, 0.15) is 0 Å². The van der Waals surface area contributed by atoms with Crippen LogP contribution in [0, 0.1) is 5.92 Å².